The van der Waals surface area contributed by atoms with Gasteiger partial charge in [-0.3, -0.25) is 14.9 Å². The molecule has 0 aliphatic carbocycles. The monoisotopic (exact) mass is 398 g/mol. The summed E-state index contributed by atoms with van der Waals surface area (Å²) in [5.74, 6) is -0.154. The standard InChI is InChI=1S/C19H15ClN4O4/c1-12(28-16-8-6-15(7-9-16)24(26)27)19(25)23-21-11-14-10-13-4-2-3-5-17(13)22-18(14)20/h2-12H,1H3,(H,23,25)/b21-11-/t12-/m1/s1. The minimum absolute atomic E-state index is 0.0603. The number of nitro groups is 1. The molecule has 0 aliphatic heterocycles. The molecule has 0 fully saturated rings. The van der Waals surface area contributed by atoms with Gasteiger partial charge in [-0.15, -0.1) is 0 Å². The second-order valence-electron chi connectivity index (χ2n) is 5.81. The number of carbonyl (C=O) groups excluding carboxylic acids is 1. The van der Waals surface area contributed by atoms with Crippen molar-refractivity contribution < 1.29 is 14.5 Å². The van der Waals surface area contributed by atoms with Gasteiger partial charge in [0.05, 0.1) is 16.7 Å². The molecule has 0 unspecified atom stereocenters. The van der Waals surface area contributed by atoms with E-state index in [0.29, 0.717) is 11.3 Å². The van der Waals surface area contributed by atoms with Crippen LogP contribution in [0, 0.1) is 10.1 Å². The number of hydrazone groups is 1. The van der Waals surface area contributed by atoms with Crippen LogP contribution in [0.4, 0.5) is 5.69 Å². The van der Waals surface area contributed by atoms with Crippen LogP contribution in [0.3, 0.4) is 0 Å². The zero-order valence-electron chi connectivity index (χ0n) is 14.7. The van der Waals surface area contributed by atoms with Gasteiger partial charge in [0, 0.05) is 23.1 Å². The first-order chi connectivity index (χ1) is 13.4. The number of pyridine rings is 1. The maximum atomic E-state index is 12.1. The number of carbonyl (C=O) groups is 1. The van der Waals surface area contributed by atoms with E-state index in [1.54, 1.807) is 0 Å². The molecule has 0 bridgehead atoms. The molecule has 2 aromatic carbocycles. The van der Waals surface area contributed by atoms with Gasteiger partial charge in [-0.1, -0.05) is 29.8 Å². The van der Waals surface area contributed by atoms with Crippen molar-refractivity contribution in [3.05, 3.63) is 75.4 Å². The molecule has 1 aromatic heterocycles. The molecule has 0 saturated heterocycles. The first-order valence-electron chi connectivity index (χ1n) is 8.23. The van der Waals surface area contributed by atoms with E-state index in [-0.39, 0.29) is 10.8 Å². The van der Waals surface area contributed by atoms with Crippen molar-refractivity contribution in [2.24, 2.45) is 5.10 Å². The molecule has 3 aromatic rings. The molecule has 142 valence electrons. The lowest BCUT2D eigenvalue weighted by atomic mass is 10.2. The molecule has 1 heterocycles. The van der Waals surface area contributed by atoms with E-state index in [1.807, 2.05) is 30.3 Å². The molecule has 8 nitrogen and oxygen atoms in total. The van der Waals surface area contributed by atoms with Gasteiger partial charge in [-0.25, -0.2) is 10.4 Å². The Balaban J connectivity index is 1.61. The number of fused-ring (bicyclic) bond motifs is 1. The van der Waals surface area contributed by atoms with Crippen molar-refractivity contribution >= 4 is 40.3 Å². The zero-order valence-corrected chi connectivity index (χ0v) is 15.5. The third kappa shape index (κ3) is 4.60. The predicted octanol–water partition coefficient (Wildman–Crippen LogP) is 3.71. The average Bonchev–Trinajstić information content (AvgIpc) is 2.68. The Bertz CT molecular complexity index is 1050. The van der Waals surface area contributed by atoms with Crippen molar-refractivity contribution in [1.29, 1.82) is 0 Å². The molecule has 28 heavy (non-hydrogen) atoms. The molecular formula is C19H15ClN4O4. The molecule has 1 N–H and O–H groups in total. The second kappa shape index (κ2) is 8.45. The van der Waals surface area contributed by atoms with E-state index < -0.39 is 16.9 Å². The number of amides is 1. The third-order valence-electron chi connectivity index (χ3n) is 3.81. The number of non-ortho nitro benzene ring substituents is 1. The molecule has 1 amide bonds. The van der Waals surface area contributed by atoms with Crippen molar-refractivity contribution in [1.82, 2.24) is 10.4 Å². The van der Waals surface area contributed by atoms with E-state index in [1.165, 1.54) is 37.4 Å². The number of aromatic nitrogens is 1. The normalized spacial score (nSPS) is 12.1. The number of nitro benzene ring substituents is 1. The molecule has 9 heteroatoms. The van der Waals surface area contributed by atoms with Gasteiger partial charge >= 0.3 is 0 Å². The molecular weight excluding hydrogens is 384 g/mol. The number of rotatable bonds is 6. The van der Waals surface area contributed by atoms with E-state index in [2.05, 4.69) is 15.5 Å². The Morgan fingerprint density at radius 3 is 2.71 bits per heavy atom. The molecule has 0 saturated carbocycles. The smallest absolute Gasteiger partial charge is 0.280 e. The number of hydrogen-bond acceptors (Lipinski definition) is 6. The Kier molecular flexibility index (Phi) is 5.81. The summed E-state index contributed by atoms with van der Waals surface area (Å²) in [6.07, 6.45) is 0.543. The molecule has 0 radical (unpaired) electrons. The summed E-state index contributed by atoms with van der Waals surface area (Å²) < 4.78 is 5.45. The van der Waals surface area contributed by atoms with Crippen molar-refractivity contribution in [3.63, 3.8) is 0 Å². The maximum Gasteiger partial charge on any atom is 0.280 e. The fourth-order valence-corrected chi connectivity index (χ4v) is 2.55. The number of ether oxygens (including phenoxy) is 1. The van der Waals surface area contributed by atoms with E-state index in [0.717, 1.165) is 10.9 Å². The topological polar surface area (TPSA) is 107 Å². The van der Waals surface area contributed by atoms with Crippen LogP contribution in [-0.4, -0.2) is 28.1 Å². The lowest BCUT2D eigenvalue weighted by Gasteiger charge is -2.12. The quantitative estimate of drug-likeness (QED) is 0.295. The Labute approximate surface area is 164 Å². The van der Waals surface area contributed by atoms with Gasteiger partial charge in [0.25, 0.3) is 11.6 Å². The number of halogens is 1. The van der Waals surface area contributed by atoms with Crippen molar-refractivity contribution in [2.75, 3.05) is 0 Å². The third-order valence-corrected chi connectivity index (χ3v) is 4.12. The van der Waals surface area contributed by atoms with Gasteiger partial charge in [0.2, 0.25) is 0 Å². The summed E-state index contributed by atoms with van der Waals surface area (Å²) in [6, 6.07) is 14.8. The van der Waals surface area contributed by atoms with Crippen LogP contribution in [0.15, 0.2) is 59.7 Å². The predicted molar refractivity (Wildman–Crippen MR) is 106 cm³/mol. The second-order valence-corrected chi connectivity index (χ2v) is 6.16. The zero-order chi connectivity index (χ0) is 20.1. The Morgan fingerprint density at radius 2 is 2.00 bits per heavy atom. The van der Waals surface area contributed by atoms with E-state index >= 15 is 0 Å². The minimum atomic E-state index is -0.858. The van der Waals surface area contributed by atoms with Gasteiger partial charge in [0.15, 0.2) is 6.10 Å². The van der Waals surface area contributed by atoms with Crippen molar-refractivity contribution in [2.45, 2.75) is 13.0 Å². The average molecular weight is 399 g/mol. The summed E-state index contributed by atoms with van der Waals surface area (Å²) in [5.41, 5.74) is 3.63. The highest BCUT2D eigenvalue weighted by atomic mass is 35.5. The first-order valence-corrected chi connectivity index (χ1v) is 8.61. The lowest BCUT2D eigenvalue weighted by Crippen LogP contribution is -2.33. The first kappa shape index (κ1) is 19.2. The lowest BCUT2D eigenvalue weighted by molar-refractivity contribution is -0.384. The van der Waals surface area contributed by atoms with Crippen LogP contribution in [0.5, 0.6) is 5.75 Å². The highest BCUT2D eigenvalue weighted by molar-refractivity contribution is 6.32. The molecule has 3 rings (SSSR count). The number of hydrogen-bond donors (Lipinski definition) is 1. The van der Waals surface area contributed by atoms with Gasteiger partial charge in [-0.05, 0) is 31.2 Å². The fraction of sp³-hybridized carbons (Fsp3) is 0.105. The van der Waals surface area contributed by atoms with Crippen LogP contribution in [-0.2, 0) is 4.79 Å². The highest BCUT2D eigenvalue weighted by Gasteiger charge is 2.15. The number of nitrogens with zero attached hydrogens (tertiary/aromatic N) is 3. The summed E-state index contributed by atoms with van der Waals surface area (Å²) in [6.45, 7) is 1.54. The summed E-state index contributed by atoms with van der Waals surface area (Å²) in [7, 11) is 0. The minimum Gasteiger partial charge on any atom is -0.481 e. The molecule has 0 aliphatic rings. The van der Waals surface area contributed by atoms with Crippen LogP contribution >= 0.6 is 11.6 Å². The van der Waals surface area contributed by atoms with Crippen LogP contribution < -0.4 is 10.2 Å². The fourth-order valence-electron chi connectivity index (χ4n) is 2.36. The summed E-state index contributed by atoms with van der Waals surface area (Å²) in [4.78, 5) is 26.5. The Morgan fingerprint density at radius 1 is 1.29 bits per heavy atom. The van der Waals surface area contributed by atoms with E-state index in [4.69, 9.17) is 16.3 Å². The van der Waals surface area contributed by atoms with Crippen LogP contribution in [0.2, 0.25) is 5.15 Å². The SMILES string of the molecule is C[C@@H](Oc1ccc([N+](=O)[O-])cc1)C(=O)N/N=C\c1cc2ccccc2nc1Cl. The largest absolute Gasteiger partial charge is 0.481 e. The van der Waals surface area contributed by atoms with Crippen LogP contribution in [0.25, 0.3) is 10.9 Å². The van der Waals surface area contributed by atoms with Gasteiger partial charge < -0.3 is 4.74 Å². The summed E-state index contributed by atoms with van der Waals surface area (Å²) >= 11 is 6.14. The number of benzene rings is 2. The maximum absolute atomic E-state index is 12.1. The van der Waals surface area contributed by atoms with Gasteiger partial charge in [-0.2, -0.15) is 5.10 Å². The molecule has 0 spiro atoms. The van der Waals surface area contributed by atoms with Crippen LogP contribution in [0.1, 0.15) is 12.5 Å². The number of nitrogens with one attached hydrogen (secondary N) is 1. The molecule has 1 atom stereocenters. The van der Waals surface area contributed by atoms with Crippen molar-refractivity contribution in [3.8, 4) is 5.75 Å². The number of para-hydroxylation sites is 1. The Hall–Kier alpha value is -3.52. The van der Waals surface area contributed by atoms with Gasteiger partial charge in [0.1, 0.15) is 10.9 Å². The highest BCUT2D eigenvalue weighted by Crippen LogP contribution is 2.19. The summed E-state index contributed by atoms with van der Waals surface area (Å²) in [5, 5.41) is 15.7. The van der Waals surface area contributed by atoms with E-state index in [9.17, 15) is 14.9 Å².